The number of carbonyl (C=O) groups excluding carboxylic acids is 2. The van der Waals surface area contributed by atoms with Crippen molar-refractivity contribution in [1.82, 2.24) is 10.2 Å². The molecule has 2 aromatic carbocycles. The molecule has 2 amide bonds. The minimum atomic E-state index is -0.161. The molecular weight excluding hydrogens is 432 g/mol. The summed E-state index contributed by atoms with van der Waals surface area (Å²) in [6.45, 7) is 1.65. The SMILES string of the molecule is O=C(NCc1ccco1)C1CCN(C(=O)c2ccc(COc3ccc4ccccc4c3)o2)CC1. The minimum absolute atomic E-state index is 0.00498. The predicted molar refractivity (Wildman–Crippen MR) is 126 cm³/mol. The molecule has 1 aliphatic heterocycles. The molecule has 0 spiro atoms. The molecule has 1 aliphatic rings. The van der Waals surface area contributed by atoms with E-state index in [1.807, 2.05) is 42.5 Å². The van der Waals surface area contributed by atoms with Crippen LogP contribution in [0.1, 0.15) is 34.9 Å². The van der Waals surface area contributed by atoms with E-state index in [0.717, 1.165) is 22.3 Å². The van der Waals surface area contributed by atoms with Crippen molar-refractivity contribution in [2.75, 3.05) is 13.1 Å². The lowest BCUT2D eigenvalue weighted by molar-refractivity contribution is -0.126. The molecule has 0 aliphatic carbocycles. The van der Waals surface area contributed by atoms with Gasteiger partial charge in [-0.25, -0.2) is 0 Å². The van der Waals surface area contributed by atoms with Gasteiger partial charge in [0.15, 0.2) is 5.76 Å². The number of fused-ring (bicyclic) bond motifs is 1. The summed E-state index contributed by atoms with van der Waals surface area (Å²) >= 11 is 0. The molecule has 0 saturated carbocycles. The Morgan fingerprint density at radius 2 is 1.76 bits per heavy atom. The Bertz CT molecular complexity index is 1270. The summed E-state index contributed by atoms with van der Waals surface area (Å²) in [5.74, 6) is 2.07. The molecule has 1 saturated heterocycles. The van der Waals surface area contributed by atoms with Crippen LogP contribution < -0.4 is 10.1 Å². The van der Waals surface area contributed by atoms with Crippen LogP contribution >= 0.6 is 0 Å². The molecule has 7 nitrogen and oxygen atoms in total. The summed E-state index contributed by atoms with van der Waals surface area (Å²) in [5, 5.41) is 5.16. The molecule has 1 N–H and O–H groups in total. The van der Waals surface area contributed by atoms with E-state index in [1.165, 1.54) is 0 Å². The first-order chi connectivity index (χ1) is 16.7. The summed E-state index contributed by atoms with van der Waals surface area (Å²) in [5.41, 5.74) is 0. The van der Waals surface area contributed by atoms with Gasteiger partial charge in [-0.3, -0.25) is 9.59 Å². The van der Waals surface area contributed by atoms with Gasteiger partial charge in [-0.1, -0.05) is 30.3 Å². The lowest BCUT2D eigenvalue weighted by atomic mass is 9.95. The topological polar surface area (TPSA) is 84.9 Å². The van der Waals surface area contributed by atoms with E-state index in [2.05, 4.69) is 11.4 Å². The van der Waals surface area contributed by atoms with Gasteiger partial charge >= 0.3 is 0 Å². The van der Waals surface area contributed by atoms with Gasteiger partial charge in [0.2, 0.25) is 5.91 Å². The number of likely N-dealkylation sites (tertiary alicyclic amines) is 1. The van der Waals surface area contributed by atoms with Crippen LogP contribution in [0.2, 0.25) is 0 Å². The summed E-state index contributed by atoms with van der Waals surface area (Å²) in [4.78, 5) is 27.0. The monoisotopic (exact) mass is 458 g/mol. The van der Waals surface area contributed by atoms with Crippen LogP contribution in [-0.2, 0) is 17.9 Å². The van der Waals surface area contributed by atoms with Crippen molar-refractivity contribution in [2.24, 2.45) is 5.92 Å². The van der Waals surface area contributed by atoms with Gasteiger partial charge in [-0.15, -0.1) is 0 Å². The molecule has 3 heterocycles. The Morgan fingerprint density at radius 1 is 0.941 bits per heavy atom. The van der Waals surface area contributed by atoms with E-state index in [4.69, 9.17) is 13.6 Å². The van der Waals surface area contributed by atoms with Crippen molar-refractivity contribution in [2.45, 2.75) is 26.0 Å². The number of piperidine rings is 1. The molecule has 5 rings (SSSR count). The van der Waals surface area contributed by atoms with E-state index >= 15 is 0 Å². The molecule has 2 aromatic heterocycles. The van der Waals surface area contributed by atoms with E-state index in [9.17, 15) is 9.59 Å². The molecule has 4 aromatic rings. The predicted octanol–water partition coefficient (Wildman–Crippen LogP) is 4.77. The first-order valence-electron chi connectivity index (χ1n) is 11.5. The highest BCUT2D eigenvalue weighted by Gasteiger charge is 2.29. The van der Waals surface area contributed by atoms with E-state index in [0.29, 0.717) is 38.2 Å². The molecular formula is C27H26N2O5. The Balaban J connectivity index is 1.11. The maximum Gasteiger partial charge on any atom is 0.289 e. The number of nitrogens with one attached hydrogen (secondary N) is 1. The summed E-state index contributed by atoms with van der Waals surface area (Å²) in [7, 11) is 0. The molecule has 0 atom stereocenters. The Kier molecular flexibility index (Phi) is 6.33. The average molecular weight is 459 g/mol. The normalized spacial score (nSPS) is 14.3. The molecule has 34 heavy (non-hydrogen) atoms. The van der Waals surface area contributed by atoms with Gasteiger partial charge in [-0.2, -0.15) is 0 Å². The van der Waals surface area contributed by atoms with Crippen LogP contribution in [0, 0.1) is 5.92 Å². The highest BCUT2D eigenvalue weighted by Crippen LogP contribution is 2.23. The molecule has 0 bridgehead atoms. The second kappa shape index (κ2) is 9.87. The van der Waals surface area contributed by atoms with Crippen LogP contribution in [0.3, 0.4) is 0 Å². The van der Waals surface area contributed by atoms with Crippen molar-refractivity contribution in [3.8, 4) is 5.75 Å². The average Bonchev–Trinajstić information content (AvgIpc) is 3.58. The minimum Gasteiger partial charge on any atom is -0.486 e. The Hall–Kier alpha value is -4.00. The highest BCUT2D eigenvalue weighted by atomic mass is 16.5. The fourth-order valence-corrected chi connectivity index (χ4v) is 4.21. The summed E-state index contributed by atoms with van der Waals surface area (Å²) in [6, 6.07) is 21.1. The largest absolute Gasteiger partial charge is 0.486 e. The van der Waals surface area contributed by atoms with Crippen molar-refractivity contribution >= 4 is 22.6 Å². The lowest BCUT2D eigenvalue weighted by Crippen LogP contribution is -2.42. The first-order valence-corrected chi connectivity index (χ1v) is 11.5. The molecule has 0 unspecified atom stereocenters. The van der Waals surface area contributed by atoms with Crippen LogP contribution in [0.5, 0.6) is 5.75 Å². The second-order valence-corrected chi connectivity index (χ2v) is 8.43. The van der Waals surface area contributed by atoms with Crippen LogP contribution in [0.15, 0.2) is 81.8 Å². The quantitative estimate of drug-likeness (QED) is 0.431. The number of ether oxygens (including phenoxy) is 1. The smallest absolute Gasteiger partial charge is 0.289 e. The second-order valence-electron chi connectivity index (χ2n) is 8.43. The van der Waals surface area contributed by atoms with Crippen LogP contribution in [-0.4, -0.2) is 29.8 Å². The Labute approximate surface area is 197 Å². The fraction of sp³-hybridized carbons (Fsp3) is 0.259. The molecule has 0 radical (unpaired) electrons. The Morgan fingerprint density at radius 3 is 2.56 bits per heavy atom. The van der Waals surface area contributed by atoms with Crippen LogP contribution in [0.4, 0.5) is 0 Å². The van der Waals surface area contributed by atoms with Gasteiger partial charge in [0.05, 0.1) is 12.8 Å². The van der Waals surface area contributed by atoms with Gasteiger partial charge in [0.25, 0.3) is 5.91 Å². The molecule has 7 heteroatoms. The zero-order chi connectivity index (χ0) is 23.3. The number of hydrogen-bond donors (Lipinski definition) is 1. The van der Waals surface area contributed by atoms with Gasteiger partial charge < -0.3 is 23.8 Å². The number of rotatable bonds is 7. The lowest BCUT2D eigenvalue weighted by Gasteiger charge is -2.30. The highest BCUT2D eigenvalue weighted by molar-refractivity contribution is 5.91. The zero-order valence-corrected chi connectivity index (χ0v) is 18.7. The number of benzene rings is 2. The number of amides is 2. The number of furan rings is 2. The van der Waals surface area contributed by atoms with Gasteiger partial charge in [0, 0.05) is 19.0 Å². The van der Waals surface area contributed by atoms with Crippen LogP contribution in [0.25, 0.3) is 10.8 Å². The van der Waals surface area contributed by atoms with E-state index in [-0.39, 0.29) is 30.1 Å². The standard InChI is InChI=1S/C27H26N2O5/c30-26(28-17-23-6-3-15-32-23)20-11-13-29(14-12-20)27(31)25-10-9-24(34-25)18-33-22-8-7-19-4-1-2-5-21(19)16-22/h1-10,15-16,20H,11-14,17-18H2,(H,28,30). The third-order valence-electron chi connectivity index (χ3n) is 6.14. The zero-order valence-electron chi connectivity index (χ0n) is 18.7. The fourth-order valence-electron chi connectivity index (χ4n) is 4.21. The maximum atomic E-state index is 12.9. The molecule has 174 valence electrons. The van der Waals surface area contributed by atoms with Gasteiger partial charge in [-0.05, 0) is 60.0 Å². The number of carbonyl (C=O) groups is 2. The van der Waals surface area contributed by atoms with E-state index in [1.54, 1.807) is 29.4 Å². The first kappa shape index (κ1) is 21.8. The van der Waals surface area contributed by atoms with Crippen molar-refractivity contribution in [1.29, 1.82) is 0 Å². The van der Waals surface area contributed by atoms with E-state index < -0.39 is 0 Å². The van der Waals surface area contributed by atoms with Crippen molar-refractivity contribution in [3.05, 3.63) is 90.3 Å². The number of nitrogens with zero attached hydrogens (tertiary/aromatic N) is 1. The van der Waals surface area contributed by atoms with Crippen molar-refractivity contribution in [3.63, 3.8) is 0 Å². The number of hydrogen-bond acceptors (Lipinski definition) is 5. The summed E-state index contributed by atoms with van der Waals surface area (Å²) < 4.78 is 16.9. The van der Waals surface area contributed by atoms with Gasteiger partial charge in [0.1, 0.15) is 23.9 Å². The maximum absolute atomic E-state index is 12.9. The summed E-state index contributed by atoms with van der Waals surface area (Å²) in [6.07, 6.45) is 2.82. The molecule has 1 fully saturated rings. The van der Waals surface area contributed by atoms with Crippen molar-refractivity contribution < 1.29 is 23.2 Å². The third kappa shape index (κ3) is 4.98. The third-order valence-corrected chi connectivity index (χ3v) is 6.14.